The number of benzene rings is 3. The fourth-order valence-electron chi connectivity index (χ4n) is 13.2. The number of anilines is 2. The van der Waals surface area contributed by atoms with Gasteiger partial charge in [-0.25, -0.2) is 18.7 Å². The zero-order valence-corrected chi connectivity index (χ0v) is 39.5. The standard InChI is InChI=1S/C55H68F2N8O2/c1-35-28-49(38-20-22-43-45(31-38)60-53(58-43)47-18-12-26-63(47)50(66)29-36-14-6-3-7-15-36)65(40-33-41(56)52(42(57)34-40)62-24-10-5-11-25-62)55(35,2)39-21-23-44-46(32-39)61-54(59-44)48-19-13-27-64(48)51(67)30-37-16-8-4-9-17-37/h20-23,29-37,47-49H,3-19,24-28H2,1-2H3,(H,58,60)(H,59,61)/t35?,47?,48?,49-,55+/m1/s1. The fraction of sp³-hybridized carbons (Fsp3) is 0.564. The lowest BCUT2D eigenvalue weighted by molar-refractivity contribution is -0.130. The van der Waals surface area contributed by atoms with E-state index in [-0.39, 0.29) is 41.5 Å². The summed E-state index contributed by atoms with van der Waals surface area (Å²) in [6, 6.07) is 15.4. The van der Waals surface area contributed by atoms with Crippen molar-refractivity contribution in [1.29, 1.82) is 0 Å². The molecule has 354 valence electrons. The maximum Gasteiger partial charge on any atom is 0.227 e. The third-order valence-corrected chi connectivity index (χ3v) is 17.1. The number of rotatable bonds is 10. The summed E-state index contributed by atoms with van der Waals surface area (Å²) in [6.45, 7) is 7.20. The van der Waals surface area contributed by atoms with Crippen LogP contribution in [0.2, 0.25) is 0 Å². The zero-order valence-electron chi connectivity index (χ0n) is 39.5. The Kier molecular flexibility index (Phi) is 12.3. The minimum atomic E-state index is -0.695. The van der Waals surface area contributed by atoms with Crippen molar-refractivity contribution < 1.29 is 18.4 Å². The average molecular weight is 911 g/mol. The second-order valence-electron chi connectivity index (χ2n) is 21.2. The number of carbonyl (C=O) groups is 2. The second kappa shape index (κ2) is 18.5. The molecule has 67 heavy (non-hydrogen) atoms. The van der Waals surface area contributed by atoms with Gasteiger partial charge in [0, 0.05) is 31.9 Å². The Balaban J connectivity index is 0.925. The summed E-state index contributed by atoms with van der Waals surface area (Å²) in [7, 11) is 0. The van der Waals surface area contributed by atoms with Gasteiger partial charge in [-0.15, -0.1) is 0 Å². The van der Waals surface area contributed by atoms with E-state index in [1.807, 2.05) is 27.5 Å². The molecule has 5 aromatic rings. The maximum atomic E-state index is 16.6. The predicted octanol–water partition coefficient (Wildman–Crippen LogP) is 12.1. The number of amides is 2. The highest BCUT2D eigenvalue weighted by molar-refractivity contribution is 5.87. The minimum absolute atomic E-state index is 0.0587. The molecule has 6 fully saturated rings. The number of nitrogens with one attached hydrogen (secondary N) is 2. The minimum Gasteiger partial charge on any atom is -0.367 e. The van der Waals surface area contributed by atoms with E-state index in [4.69, 9.17) is 9.97 Å². The van der Waals surface area contributed by atoms with Crippen molar-refractivity contribution in [3.63, 3.8) is 0 Å². The van der Waals surface area contributed by atoms with Gasteiger partial charge in [0.25, 0.3) is 0 Å². The molecule has 3 aromatic carbocycles. The first-order valence-corrected chi connectivity index (χ1v) is 26.0. The van der Waals surface area contributed by atoms with Crippen molar-refractivity contribution in [2.45, 2.75) is 153 Å². The van der Waals surface area contributed by atoms with Crippen molar-refractivity contribution in [3.8, 4) is 0 Å². The smallest absolute Gasteiger partial charge is 0.227 e. The number of halogens is 2. The van der Waals surface area contributed by atoms with Gasteiger partial charge in [0.1, 0.15) is 17.3 Å². The molecular formula is C55H68F2N8O2. The van der Waals surface area contributed by atoms with Crippen molar-refractivity contribution in [1.82, 2.24) is 29.7 Å². The highest BCUT2D eigenvalue weighted by Crippen LogP contribution is 2.55. The molecule has 2 N–H and O–H groups in total. The molecule has 2 radical (unpaired) electrons. The lowest BCUT2D eigenvalue weighted by Crippen LogP contribution is -2.43. The highest BCUT2D eigenvalue weighted by atomic mass is 19.1. The largest absolute Gasteiger partial charge is 0.367 e. The SMILES string of the molecule is CC1C[C@H](c2ccc3[nH]c(C4CCCN4C(=O)[CH]C4CCCCC4)nc3c2)N(c2cc(F)c(N3CCCCC3)c(F)c2)[C@]1(C)c1ccc2[nH]c(C3CCCN3C(=O)[CH]C3CCCCC3)nc2c1. The number of H-pyrrole nitrogens is 2. The normalized spacial score (nSPS) is 26.7. The van der Waals surface area contributed by atoms with E-state index in [0.717, 1.165) is 135 Å². The first kappa shape index (κ1) is 44.5. The molecule has 3 unspecified atom stereocenters. The molecule has 4 saturated heterocycles. The van der Waals surface area contributed by atoms with E-state index in [9.17, 15) is 9.59 Å². The van der Waals surface area contributed by atoms with Crippen molar-refractivity contribution in [2.75, 3.05) is 36.0 Å². The first-order chi connectivity index (χ1) is 32.6. The Labute approximate surface area is 394 Å². The van der Waals surface area contributed by atoms with Crippen molar-refractivity contribution in [2.24, 2.45) is 17.8 Å². The fourth-order valence-corrected chi connectivity index (χ4v) is 13.2. The molecule has 11 rings (SSSR count). The molecule has 4 aliphatic heterocycles. The Morgan fingerprint density at radius 2 is 1.15 bits per heavy atom. The summed E-state index contributed by atoms with van der Waals surface area (Å²) >= 11 is 0. The molecule has 0 spiro atoms. The lowest BCUT2D eigenvalue weighted by Gasteiger charge is -2.43. The molecule has 10 nitrogen and oxygen atoms in total. The Morgan fingerprint density at radius 1 is 0.627 bits per heavy atom. The summed E-state index contributed by atoms with van der Waals surface area (Å²) in [5.74, 6) is 1.58. The van der Waals surface area contributed by atoms with Gasteiger partial charge < -0.3 is 29.6 Å². The van der Waals surface area contributed by atoms with Crippen LogP contribution in [0, 0.1) is 42.2 Å². The summed E-state index contributed by atoms with van der Waals surface area (Å²) in [5.41, 5.74) is 5.36. The van der Waals surface area contributed by atoms with Crippen LogP contribution < -0.4 is 9.80 Å². The number of hydrogen-bond donors (Lipinski definition) is 2. The number of hydrogen-bond acceptors (Lipinski definition) is 6. The first-order valence-electron chi connectivity index (χ1n) is 26.0. The topological polar surface area (TPSA) is 104 Å². The maximum absolute atomic E-state index is 16.6. The van der Waals surface area contributed by atoms with Crippen LogP contribution in [0.25, 0.3) is 22.1 Å². The molecule has 0 bridgehead atoms. The number of imidazole rings is 2. The highest BCUT2D eigenvalue weighted by Gasteiger charge is 2.50. The Hall–Kier alpha value is -5.00. The number of piperidine rings is 1. The van der Waals surface area contributed by atoms with Crippen LogP contribution >= 0.6 is 0 Å². The monoisotopic (exact) mass is 911 g/mol. The van der Waals surface area contributed by atoms with Gasteiger partial charge in [-0.1, -0.05) is 57.6 Å². The zero-order chi connectivity index (χ0) is 45.8. The molecule has 2 aliphatic carbocycles. The van der Waals surface area contributed by atoms with Gasteiger partial charge in [0.15, 0.2) is 11.6 Å². The summed E-state index contributed by atoms with van der Waals surface area (Å²) in [5, 5.41) is 0. The van der Waals surface area contributed by atoms with Crippen LogP contribution in [0.3, 0.4) is 0 Å². The second-order valence-corrected chi connectivity index (χ2v) is 21.2. The number of carbonyl (C=O) groups excluding carboxylic acids is 2. The molecule has 6 heterocycles. The molecule has 5 atom stereocenters. The van der Waals surface area contributed by atoms with Crippen molar-refractivity contribution in [3.05, 3.63) is 95.8 Å². The number of fused-ring (bicyclic) bond motifs is 2. The van der Waals surface area contributed by atoms with Gasteiger partial charge in [0.05, 0.1) is 58.6 Å². The summed E-state index contributed by atoms with van der Waals surface area (Å²) in [6.07, 6.45) is 22.8. The number of nitrogens with zero attached hydrogens (tertiary/aromatic N) is 6. The number of aromatic nitrogens is 4. The van der Waals surface area contributed by atoms with Crippen LogP contribution in [0.1, 0.15) is 170 Å². The van der Waals surface area contributed by atoms with Crippen molar-refractivity contribution >= 4 is 45.3 Å². The molecule has 12 heteroatoms. The Morgan fingerprint density at radius 3 is 1.72 bits per heavy atom. The van der Waals surface area contributed by atoms with E-state index in [1.165, 1.54) is 38.5 Å². The lowest BCUT2D eigenvalue weighted by atomic mass is 9.81. The van der Waals surface area contributed by atoms with Crippen LogP contribution in [-0.4, -0.2) is 67.7 Å². The van der Waals surface area contributed by atoms with Crippen LogP contribution in [-0.2, 0) is 15.1 Å². The molecule has 2 aromatic heterocycles. The third-order valence-electron chi connectivity index (χ3n) is 17.1. The molecule has 2 amide bonds. The van der Waals surface area contributed by atoms with Gasteiger partial charge >= 0.3 is 0 Å². The number of likely N-dealkylation sites (tertiary alicyclic amines) is 2. The Bertz CT molecular complexity index is 2580. The van der Waals surface area contributed by atoms with Crippen LogP contribution in [0.5, 0.6) is 0 Å². The van der Waals surface area contributed by atoms with E-state index in [1.54, 1.807) is 12.1 Å². The van der Waals surface area contributed by atoms with Crippen LogP contribution in [0.4, 0.5) is 20.2 Å². The summed E-state index contributed by atoms with van der Waals surface area (Å²) in [4.78, 5) is 53.0. The number of aromatic amines is 2. The molecular weight excluding hydrogens is 843 g/mol. The van der Waals surface area contributed by atoms with E-state index in [2.05, 4.69) is 65.1 Å². The van der Waals surface area contributed by atoms with E-state index < -0.39 is 17.2 Å². The van der Waals surface area contributed by atoms with Crippen LogP contribution in [0.15, 0.2) is 48.5 Å². The van der Waals surface area contributed by atoms with Gasteiger partial charge in [0.2, 0.25) is 11.8 Å². The third kappa shape index (κ3) is 8.40. The average Bonchev–Trinajstić information content (AvgIpc) is 4.19. The van der Waals surface area contributed by atoms with Gasteiger partial charge in [-0.2, -0.15) is 0 Å². The van der Waals surface area contributed by atoms with E-state index in [0.29, 0.717) is 30.6 Å². The van der Waals surface area contributed by atoms with Gasteiger partial charge in [-0.3, -0.25) is 9.59 Å². The van der Waals surface area contributed by atoms with E-state index >= 15 is 8.78 Å². The quantitative estimate of drug-likeness (QED) is 0.145. The molecule has 6 aliphatic rings. The predicted molar refractivity (Wildman–Crippen MR) is 260 cm³/mol. The van der Waals surface area contributed by atoms with Gasteiger partial charge in [-0.05, 0) is 149 Å². The molecule has 2 saturated carbocycles. The summed E-state index contributed by atoms with van der Waals surface area (Å²) < 4.78 is 33.2.